The van der Waals surface area contributed by atoms with Gasteiger partial charge in [0.05, 0.1) is 11.3 Å². The Morgan fingerprint density at radius 1 is 1.16 bits per heavy atom. The first-order chi connectivity index (χ1) is 11.7. The highest BCUT2D eigenvalue weighted by molar-refractivity contribution is 7.92. The molecule has 2 N–H and O–H groups in total. The number of anilines is 1. The number of aromatic nitrogens is 4. The number of carboxylic acids is 1. The van der Waals surface area contributed by atoms with Crippen molar-refractivity contribution in [2.24, 2.45) is 0 Å². The van der Waals surface area contributed by atoms with Gasteiger partial charge in [-0.15, -0.1) is 5.10 Å². The van der Waals surface area contributed by atoms with E-state index in [0.717, 1.165) is 5.56 Å². The molecule has 3 rings (SSSR count). The third-order valence-corrected chi connectivity index (χ3v) is 4.90. The Morgan fingerprint density at radius 3 is 2.56 bits per heavy atom. The van der Waals surface area contributed by atoms with Crippen molar-refractivity contribution < 1.29 is 18.3 Å². The van der Waals surface area contributed by atoms with Gasteiger partial charge in [0.1, 0.15) is 0 Å². The van der Waals surface area contributed by atoms with E-state index in [4.69, 9.17) is 0 Å². The van der Waals surface area contributed by atoms with E-state index in [2.05, 4.69) is 19.8 Å². The van der Waals surface area contributed by atoms with E-state index in [1.165, 1.54) is 10.6 Å². The number of hydrogen-bond donors (Lipinski definition) is 2. The quantitative estimate of drug-likeness (QED) is 0.722. The summed E-state index contributed by atoms with van der Waals surface area (Å²) in [5.41, 5.74) is 1.78. The van der Waals surface area contributed by atoms with Gasteiger partial charge in [0.25, 0.3) is 21.0 Å². The van der Waals surface area contributed by atoms with E-state index in [1.807, 2.05) is 0 Å². The van der Waals surface area contributed by atoms with Crippen LogP contribution in [0.25, 0.3) is 5.78 Å². The highest BCUT2D eigenvalue weighted by Crippen LogP contribution is 2.26. The molecule has 0 fully saturated rings. The van der Waals surface area contributed by atoms with Crippen LogP contribution in [0.2, 0.25) is 0 Å². The molecule has 10 heteroatoms. The number of nitrogens with one attached hydrogen (secondary N) is 1. The fraction of sp³-hybridized carbons (Fsp3) is 0.200. The zero-order valence-corrected chi connectivity index (χ0v) is 14.5. The Kier molecular flexibility index (Phi) is 3.91. The predicted octanol–water partition coefficient (Wildman–Crippen LogP) is 1.55. The van der Waals surface area contributed by atoms with Gasteiger partial charge in [0.2, 0.25) is 0 Å². The van der Waals surface area contributed by atoms with Crippen LogP contribution in [0, 0.1) is 20.8 Å². The lowest BCUT2D eigenvalue weighted by molar-refractivity contribution is 0.0698. The highest BCUT2D eigenvalue weighted by Gasteiger charge is 2.25. The Bertz CT molecular complexity index is 1100. The first kappa shape index (κ1) is 16.8. The van der Waals surface area contributed by atoms with Gasteiger partial charge in [-0.1, -0.05) is 6.07 Å². The van der Waals surface area contributed by atoms with Crippen molar-refractivity contribution in [2.75, 3.05) is 4.72 Å². The van der Waals surface area contributed by atoms with Crippen molar-refractivity contribution in [1.29, 1.82) is 0 Å². The Hall–Kier alpha value is -3.01. The van der Waals surface area contributed by atoms with Crippen LogP contribution in [-0.2, 0) is 10.0 Å². The molecule has 25 heavy (non-hydrogen) atoms. The number of aryl methyl sites for hydroxylation is 2. The molecule has 3 aromatic rings. The number of hydrogen-bond acceptors (Lipinski definition) is 6. The zero-order valence-electron chi connectivity index (χ0n) is 13.7. The summed E-state index contributed by atoms with van der Waals surface area (Å²) in [5.74, 6) is -1.10. The first-order valence-electron chi connectivity index (χ1n) is 7.25. The zero-order chi connectivity index (χ0) is 18.4. The molecule has 0 saturated heterocycles. The molecule has 0 aliphatic carbocycles. The molecule has 0 radical (unpaired) electrons. The average Bonchev–Trinajstić information content (AvgIpc) is 2.95. The molecule has 9 nitrogen and oxygen atoms in total. The van der Waals surface area contributed by atoms with Crippen molar-refractivity contribution in [1.82, 2.24) is 19.6 Å². The van der Waals surface area contributed by atoms with Crippen LogP contribution < -0.4 is 4.72 Å². The Labute approximate surface area is 143 Å². The lowest BCUT2D eigenvalue weighted by atomic mass is 10.0. The maximum absolute atomic E-state index is 12.6. The highest BCUT2D eigenvalue weighted by atomic mass is 32.2. The van der Waals surface area contributed by atoms with Crippen LogP contribution in [0.3, 0.4) is 0 Å². The second-order valence-electron chi connectivity index (χ2n) is 5.55. The van der Waals surface area contributed by atoms with Crippen molar-refractivity contribution in [3.05, 3.63) is 46.8 Å². The van der Waals surface area contributed by atoms with Gasteiger partial charge in [-0.05, 0) is 44.0 Å². The molecule has 0 amide bonds. The van der Waals surface area contributed by atoms with Crippen LogP contribution >= 0.6 is 0 Å². The standard InChI is InChI=1S/C15H15N5O4S/c1-8-4-5-11(13(21)22)12(10(8)3)19-25(23,24)15-17-14-16-9(2)6-7-20(14)18-15/h4-7,19H,1-3H3,(H,21,22). The third-order valence-electron chi connectivity index (χ3n) is 3.77. The summed E-state index contributed by atoms with van der Waals surface area (Å²) in [4.78, 5) is 19.4. The molecule has 0 aliphatic rings. The lowest BCUT2D eigenvalue weighted by Crippen LogP contribution is -2.18. The number of carbonyl (C=O) groups is 1. The van der Waals surface area contributed by atoms with Gasteiger partial charge in [-0.3, -0.25) is 4.72 Å². The number of benzene rings is 1. The minimum absolute atomic E-state index is 0.00417. The molecule has 0 bridgehead atoms. The van der Waals surface area contributed by atoms with Gasteiger partial charge in [0.15, 0.2) is 0 Å². The molecule has 130 valence electrons. The number of sulfonamides is 1. The van der Waals surface area contributed by atoms with Crippen molar-refractivity contribution in [3.8, 4) is 0 Å². The van der Waals surface area contributed by atoms with Crippen LogP contribution in [0.1, 0.15) is 27.2 Å². The molecule has 2 heterocycles. The summed E-state index contributed by atoms with van der Waals surface area (Å²) in [6.45, 7) is 5.15. The fourth-order valence-corrected chi connectivity index (χ4v) is 3.29. The number of rotatable bonds is 4. The summed E-state index contributed by atoms with van der Waals surface area (Å²) < 4.78 is 28.8. The monoisotopic (exact) mass is 361 g/mol. The van der Waals surface area contributed by atoms with Crippen molar-refractivity contribution >= 4 is 27.5 Å². The van der Waals surface area contributed by atoms with Gasteiger partial charge in [0, 0.05) is 11.9 Å². The normalized spacial score (nSPS) is 11.6. The summed E-state index contributed by atoms with van der Waals surface area (Å²) in [5, 5.41) is 12.7. The minimum Gasteiger partial charge on any atom is -0.478 e. The smallest absolute Gasteiger partial charge is 0.337 e. The second kappa shape index (κ2) is 5.81. The van der Waals surface area contributed by atoms with Gasteiger partial charge >= 0.3 is 5.97 Å². The minimum atomic E-state index is -4.18. The predicted molar refractivity (Wildman–Crippen MR) is 89.2 cm³/mol. The molecule has 0 spiro atoms. The molecular weight excluding hydrogens is 346 g/mol. The number of nitrogens with zero attached hydrogens (tertiary/aromatic N) is 4. The molecule has 0 aliphatic heterocycles. The maximum Gasteiger partial charge on any atom is 0.337 e. The van der Waals surface area contributed by atoms with Crippen LogP contribution in [0.4, 0.5) is 5.69 Å². The Morgan fingerprint density at radius 2 is 1.88 bits per heavy atom. The lowest BCUT2D eigenvalue weighted by Gasteiger charge is -2.13. The molecular formula is C15H15N5O4S. The fourth-order valence-electron chi connectivity index (χ4n) is 2.27. The van der Waals surface area contributed by atoms with Crippen LogP contribution in [-0.4, -0.2) is 39.1 Å². The van der Waals surface area contributed by atoms with E-state index in [-0.39, 0.29) is 17.0 Å². The van der Waals surface area contributed by atoms with Crippen molar-refractivity contribution in [3.63, 3.8) is 0 Å². The summed E-state index contributed by atoms with van der Waals surface area (Å²) in [7, 11) is -4.18. The summed E-state index contributed by atoms with van der Waals surface area (Å²) in [6.07, 6.45) is 1.55. The molecule has 1 aromatic carbocycles. The first-order valence-corrected chi connectivity index (χ1v) is 8.74. The molecule has 0 unspecified atom stereocenters. The second-order valence-corrected chi connectivity index (χ2v) is 7.12. The van der Waals surface area contributed by atoms with Gasteiger partial charge in [-0.2, -0.15) is 13.4 Å². The van der Waals surface area contributed by atoms with Crippen molar-refractivity contribution in [2.45, 2.75) is 25.9 Å². The van der Waals surface area contributed by atoms with E-state index in [0.29, 0.717) is 11.3 Å². The largest absolute Gasteiger partial charge is 0.478 e. The molecule has 0 saturated carbocycles. The number of carboxylic acid groups (broad SMARTS) is 1. The molecule has 0 atom stereocenters. The van der Waals surface area contributed by atoms with E-state index >= 15 is 0 Å². The van der Waals surface area contributed by atoms with E-state index in [9.17, 15) is 18.3 Å². The van der Waals surface area contributed by atoms with Gasteiger partial charge < -0.3 is 5.11 Å². The maximum atomic E-state index is 12.6. The van der Waals surface area contributed by atoms with Crippen LogP contribution in [0.15, 0.2) is 29.6 Å². The third kappa shape index (κ3) is 3.03. The Balaban J connectivity index is 2.10. The summed E-state index contributed by atoms with van der Waals surface area (Å²) >= 11 is 0. The SMILES string of the molecule is Cc1ccn2nc(S(=O)(=O)Nc3c(C(=O)O)ccc(C)c3C)nc2n1. The van der Waals surface area contributed by atoms with E-state index < -0.39 is 21.1 Å². The number of fused-ring (bicyclic) bond motifs is 1. The summed E-state index contributed by atoms with van der Waals surface area (Å²) in [6, 6.07) is 4.63. The molecule has 2 aromatic heterocycles. The average molecular weight is 361 g/mol. The topological polar surface area (TPSA) is 127 Å². The van der Waals surface area contributed by atoms with Crippen LogP contribution in [0.5, 0.6) is 0 Å². The van der Waals surface area contributed by atoms with E-state index in [1.54, 1.807) is 39.1 Å². The number of aromatic carboxylic acids is 1. The van der Waals surface area contributed by atoms with Gasteiger partial charge in [-0.25, -0.2) is 14.3 Å².